The summed E-state index contributed by atoms with van der Waals surface area (Å²) in [6.45, 7) is 5.89. The van der Waals surface area contributed by atoms with Gasteiger partial charge in [-0.2, -0.15) is 0 Å². The van der Waals surface area contributed by atoms with Crippen molar-refractivity contribution in [1.29, 1.82) is 0 Å². The summed E-state index contributed by atoms with van der Waals surface area (Å²) in [5, 5.41) is 0. The molecule has 1 saturated heterocycles. The van der Waals surface area contributed by atoms with Crippen molar-refractivity contribution in [3.8, 4) is 0 Å². The zero-order valence-corrected chi connectivity index (χ0v) is 6.05. The lowest BCUT2D eigenvalue weighted by Crippen LogP contribution is -2.11. The highest BCUT2D eigenvalue weighted by molar-refractivity contribution is 5.74. The second-order valence-electron chi connectivity index (χ2n) is 2.79. The van der Waals surface area contributed by atoms with E-state index in [0.29, 0.717) is 5.92 Å². The van der Waals surface area contributed by atoms with Gasteiger partial charge in [0.15, 0.2) is 0 Å². The van der Waals surface area contributed by atoms with Crippen LogP contribution in [0.15, 0.2) is 0 Å². The van der Waals surface area contributed by atoms with E-state index >= 15 is 0 Å². The van der Waals surface area contributed by atoms with Gasteiger partial charge < -0.3 is 4.74 Å². The number of rotatable bonds is 0. The average Bonchev–Trinajstić information content (AvgIpc) is 1.98. The Hall–Kier alpha value is -0.530. The molecule has 0 aromatic rings. The fraction of sp³-hybridized carbons (Fsp3) is 0.857. The number of carbonyl (C=O) groups excluding carboxylic acids is 1. The summed E-state index contributed by atoms with van der Waals surface area (Å²) in [4.78, 5) is 10.8. The van der Waals surface area contributed by atoms with Crippen LogP contribution in [0.5, 0.6) is 0 Å². The van der Waals surface area contributed by atoms with E-state index in [1.165, 1.54) is 0 Å². The summed E-state index contributed by atoms with van der Waals surface area (Å²) in [5.74, 6) is 0.437. The van der Waals surface area contributed by atoms with Crippen molar-refractivity contribution >= 4 is 5.97 Å². The second kappa shape index (κ2) is 2.01. The van der Waals surface area contributed by atoms with Gasteiger partial charge >= 0.3 is 5.97 Å². The van der Waals surface area contributed by atoms with Crippen LogP contribution >= 0.6 is 0 Å². The lowest BCUT2D eigenvalue weighted by Gasteiger charge is -2.06. The number of ether oxygens (including phenoxy) is 1. The Labute approximate surface area is 55.2 Å². The first-order valence-electron chi connectivity index (χ1n) is 3.33. The van der Waals surface area contributed by atoms with Gasteiger partial charge in [0, 0.05) is 5.92 Å². The summed E-state index contributed by atoms with van der Waals surface area (Å²) in [6, 6.07) is 0. The third kappa shape index (κ3) is 0.934. The molecular weight excluding hydrogens is 116 g/mol. The van der Waals surface area contributed by atoms with E-state index in [1.807, 2.05) is 20.8 Å². The molecular formula is C7H12O2. The highest BCUT2D eigenvalue weighted by atomic mass is 16.6. The van der Waals surface area contributed by atoms with Crippen LogP contribution in [0, 0.1) is 11.8 Å². The van der Waals surface area contributed by atoms with E-state index in [-0.39, 0.29) is 18.0 Å². The minimum Gasteiger partial charge on any atom is -0.462 e. The van der Waals surface area contributed by atoms with Crippen molar-refractivity contribution in [2.24, 2.45) is 11.8 Å². The number of esters is 1. The molecule has 0 saturated carbocycles. The minimum absolute atomic E-state index is 0.0463. The van der Waals surface area contributed by atoms with Crippen molar-refractivity contribution in [3.05, 3.63) is 0 Å². The van der Waals surface area contributed by atoms with E-state index in [0.717, 1.165) is 0 Å². The smallest absolute Gasteiger partial charge is 0.309 e. The van der Waals surface area contributed by atoms with E-state index < -0.39 is 0 Å². The maximum atomic E-state index is 10.8. The fourth-order valence-electron chi connectivity index (χ4n) is 1.02. The van der Waals surface area contributed by atoms with Gasteiger partial charge in [-0.1, -0.05) is 13.8 Å². The van der Waals surface area contributed by atoms with Crippen LogP contribution in [0.1, 0.15) is 20.8 Å². The summed E-state index contributed by atoms with van der Waals surface area (Å²) in [7, 11) is 0. The van der Waals surface area contributed by atoms with Gasteiger partial charge in [0.2, 0.25) is 0 Å². The van der Waals surface area contributed by atoms with Crippen molar-refractivity contribution in [2.45, 2.75) is 26.9 Å². The predicted octanol–water partition coefficient (Wildman–Crippen LogP) is 1.20. The molecule has 52 valence electrons. The van der Waals surface area contributed by atoms with E-state index in [2.05, 4.69) is 0 Å². The second-order valence-corrected chi connectivity index (χ2v) is 2.79. The highest BCUT2D eigenvalue weighted by Crippen LogP contribution is 2.26. The molecule has 0 aromatic heterocycles. The van der Waals surface area contributed by atoms with Gasteiger partial charge in [0.25, 0.3) is 0 Å². The summed E-state index contributed by atoms with van der Waals surface area (Å²) in [6.07, 6.45) is 0.118. The molecule has 2 heteroatoms. The first-order valence-corrected chi connectivity index (χ1v) is 3.33. The molecule has 9 heavy (non-hydrogen) atoms. The Morgan fingerprint density at radius 2 is 1.89 bits per heavy atom. The van der Waals surface area contributed by atoms with Crippen LogP contribution in [0.3, 0.4) is 0 Å². The molecule has 1 aliphatic rings. The third-order valence-electron chi connectivity index (χ3n) is 2.20. The van der Waals surface area contributed by atoms with Gasteiger partial charge in [-0.05, 0) is 6.92 Å². The first-order chi connectivity index (χ1) is 4.13. The van der Waals surface area contributed by atoms with Crippen molar-refractivity contribution in [3.63, 3.8) is 0 Å². The Bertz CT molecular complexity index is 131. The van der Waals surface area contributed by atoms with Crippen LogP contribution in [-0.2, 0) is 9.53 Å². The molecule has 0 bridgehead atoms. The molecule has 0 aromatic carbocycles. The Morgan fingerprint density at radius 1 is 1.33 bits per heavy atom. The predicted molar refractivity (Wildman–Crippen MR) is 33.9 cm³/mol. The summed E-state index contributed by atoms with van der Waals surface area (Å²) >= 11 is 0. The zero-order valence-electron chi connectivity index (χ0n) is 6.05. The topological polar surface area (TPSA) is 26.3 Å². The van der Waals surface area contributed by atoms with Crippen molar-refractivity contribution in [1.82, 2.24) is 0 Å². The van der Waals surface area contributed by atoms with Crippen molar-refractivity contribution in [2.75, 3.05) is 0 Å². The molecule has 0 amide bonds. The first kappa shape index (κ1) is 6.59. The summed E-state index contributed by atoms with van der Waals surface area (Å²) in [5.41, 5.74) is 0. The van der Waals surface area contributed by atoms with Crippen molar-refractivity contribution < 1.29 is 9.53 Å². The standard InChI is InChI=1S/C7H12O2/c1-4-5(2)7(8)9-6(4)3/h4-6H,1-3H3/t4?,5?,6-/m0/s1. The Kier molecular flexibility index (Phi) is 1.47. The molecule has 0 spiro atoms. The molecule has 0 radical (unpaired) electrons. The molecule has 1 aliphatic heterocycles. The number of cyclic esters (lactones) is 1. The van der Waals surface area contributed by atoms with E-state index in [4.69, 9.17) is 4.74 Å². The zero-order chi connectivity index (χ0) is 7.02. The SMILES string of the molecule is CC1C(=O)O[C@@H](C)C1C. The van der Waals surface area contributed by atoms with Crippen LogP contribution in [-0.4, -0.2) is 12.1 Å². The van der Waals surface area contributed by atoms with Gasteiger partial charge in [0.05, 0.1) is 5.92 Å². The molecule has 1 rings (SSSR count). The molecule has 1 heterocycles. The number of hydrogen-bond acceptors (Lipinski definition) is 2. The average molecular weight is 128 g/mol. The Balaban J connectivity index is 2.65. The van der Waals surface area contributed by atoms with E-state index in [9.17, 15) is 4.79 Å². The van der Waals surface area contributed by atoms with Crippen LogP contribution in [0.2, 0.25) is 0 Å². The lowest BCUT2D eigenvalue weighted by atomic mass is 9.95. The molecule has 0 N–H and O–H groups in total. The maximum absolute atomic E-state index is 10.8. The Morgan fingerprint density at radius 3 is 2.00 bits per heavy atom. The van der Waals surface area contributed by atoms with Crippen LogP contribution in [0.25, 0.3) is 0 Å². The van der Waals surface area contributed by atoms with Gasteiger partial charge in [-0.15, -0.1) is 0 Å². The van der Waals surface area contributed by atoms with Gasteiger partial charge in [-0.25, -0.2) is 0 Å². The normalized spacial score (nSPS) is 43.0. The third-order valence-corrected chi connectivity index (χ3v) is 2.20. The van der Waals surface area contributed by atoms with E-state index in [1.54, 1.807) is 0 Å². The maximum Gasteiger partial charge on any atom is 0.309 e. The minimum atomic E-state index is -0.0463. The summed E-state index contributed by atoms with van der Waals surface area (Å²) < 4.78 is 4.95. The molecule has 0 aliphatic carbocycles. The van der Waals surface area contributed by atoms with Gasteiger partial charge in [-0.3, -0.25) is 4.79 Å². The van der Waals surface area contributed by atoms with Gasteiger partial charge in [0.1, 0.15) is 6.10 Å². The van der Waals surface area contributed by atoms with Crippen LogP contribution < -0.4 is 0 Å². The quantitative estimate of drug-likeness (QED) is 0.458. The number of carbonyl (C=O) groups is 1. The monoisotopic (exact) mass is 128 g/mol. The molecule has 2 unspecified atom stereocenters. The van der Waals surface area contributed by atoms with Crippen LogP contribution in [0.4, 0.5) is 0 Å². The lowest BCUT2D eigenvalue weighted by molar-refractivity contribution is -0.143. The largest absolute Gasteiger partial charge is 0.462 e. The number of hydrogen-bond donors (Lipinski definition) is 0. The fourth-order valence-corrected chi connectivity index (χ4v) is 1.02. The highest BCUT2D eigenvalue weighted by Gasteiger charge is 2.35. The molecule has 3 atom stereocenters. The molecule has 1 fully saturated rings. The molecule has 2 nitrogen and oxygen atoms in total.